The number of hydrogen-bond donors (Lipinski definition) is 1. The van der Waals surface area contributed by atoms with Crippen molar-refractivity contribution in [3.05, 3.63) is 147 Å². The summed E-state index contributed by atoms with van der Waals surface area (Å²) in [6.45, 7) is 7.25. The van der Waals surface area contributed by atoms with Gasteiger partial charge in [-0.3, -0.25) is 0 Å². The normalized spacial score (nSPS) is 11.8. The van der Waals surface area contributed by atoms with Crippen LogP contribution >= 0.6 is 0 Å². The standard InChI is InChI=1S/C34H63N.C24BF20/c1-3-5-7-9-11-13-15-17-19-21-23-28-32-35(34-30-26-25-27-31-34)33-29-24-22-20-18-16-14-12-10-8-6-4-2;26-5-1(6(27)14(35)21(42)13(5)34)25(2-7(28)15(36)22(43)16(37)8(2)29,3-9(30)17(38)23(44)18(39)10(3)31)4-11(32)19(40)24(45)20(41)12(4)33/h25-27,30-31H,3-24,28-29,32-33H2,1-2H3;/q;-1/p+1. The minimum Gasteiger partial charge on any atom is -0.302 e. The van der Waals surface area contributed by atoms with Gasteiger partial charge in [-0.05, 0) is 37.8 Å². The zero-order chi connectivity index (χ0) is 59.4. The molecule has 5 aromatic carbocycles. The molecule has 1 nitrogen and oxygen atoms in total. The van der Waals surface area contributed by atoms with Crippen molar-refractivity contribution in [2.75, 3.05) is 13.1 Å². The molecule has 0 aliphatic carbocycles. The highest BCUT2D eigenvalue weighted by molar-refractivity contribution is 7.20. The molecule has 0 saturated carbocycles. The Hall–Kier alpha value is -5.28. The molecule has 80 heavy (non-hydrogen) atoms. The summed E-state index contributed by atoms with van der Waals surface area (Å²) in [6, 6.07) is 11.3. The molecule has 0 bridgehead atoms. The van der Waals surface area contributed by atoms with E-state index in [-0.39, 0.29) is 0 Å². The summed E-state index contributed by atoms with van der Waals surface area (Å²) in [5.41, 5.74) is -12.8. The number of quaternary nitrogens is 1. The summed E-state index contributed by atoms with van der Waals surface area (Å²) in [5, 5.41) is 0. The smallest absolute Gasteiger partial charge is 0.200 e. The molecule has 1 N–H and O–H groups in total. The second-order valence-corrected chi connectivity index (χ2v) is 20.0. The average molecular weight is 1170 g/mol. The van der Waals surface area contributed by atoms with Crippen LogP contribution in [0, 0.1) is 116 Å². The molecule has 0 aliphatic heterocycles. The van der Waals surface area contributed by atoms with Crippen LogP contribution in [-0.4, -0.2) is 19.2 Å². The topological polar surface area (TPSA) is 4.44 Å². The molecule has 0 spiro atoms. The van der Waals surface area contributed by atoms with Gasteiger partial charge in [-0.15, -0.1) is 21.9 Å². The molecule has 0 heterocycles. The van der Waals surface area contributed by atoms with E-state index < -0.39 is 144 Å². The van der Waals surface area contributed by atoms with Gasteiger partial charge in [0.15, 0.2) is 69.8 Å². The van der Waals surface area contributed by atoms with Crippen molar-refractivity contribution in [3.8, 4) is 0 Å². The van der Waals surface area contributed by atoms with Crippen molar-refractivity contribution in [3.63, 3.8) is 0 Å². The predicted molar refractivity (Wildman–Crippen MR) is 268 cm³/mol. The first-order valence-electron chi connectivity index (χ1n) is 27.2. The van der Waals surface area contributed by atoms with Crippen LogP contribution < -0.4 is 26.8 Å². The van der Waals surface area contributed by atoms with Gasteiger partial charge in [-0.25, -0.2) is 87.8 Å². The van der Waals surface area contributed by atoms with E-state index >= 15 is 35.1 Å². The van der Waals surface area contributed by atoms with E-state index in [0.29, 0.717) is 0 Å². The number of benzene rings is 5. The molecular formula is C58H64BF20N. The first-order chi connectivity index (χ1) is 38.1. The van der Waals surface area contributed by atoms with Crippen molar-refractivity contribution in [2.24, 2.45) is 0 Å². The van der Waals surface area contributed by atoms with Gasteiger partial charge in [0.05, 0.1) is 13.1 Å². The minimum absolute atomic E-state index is 1.32. The van der Waals surface area contributed by atoms with E-state index in [2.05, 4.69) is 44.2 Å². The summed E-state index contributed by atoms with van der Waals surface area (Å²) < 4.78 is 294. The lowest BCUT2D eigenvalue weighted by Crippen LogP contribution is -3.07. The van der Waals surface area contributed by atoms with Gasteiger partial charge in [-0.2, -0.15) is 0 Å². The van der Waals surface area contributed by atoms with Crippen LogP contribution in [0.1, 0.15) is 168 Å². The van der Waals surface area contributed by atoms with Crippen LogP contribution in [0.3, 0.4) is 0 Å². The van der Waals surface area contributed by atoms with E-state index in [9.17, 15) is 52.7 Å². The number of nitrogens with one attached hydrogen (secondary N) is 1. The van der Waals surface area contributed by atoms with Gasteiger partial charge in [0.25, 0.3) is 0 Å². The molecule has 0 fully saturated rings. The van der Waals surface area contributed by atoms with Gasteiger partial charge in [0.2, 0.25) is 0 Å². The maximum atomic E-state index is 15.4. The third-order valence-electron chi connectivity index (χ3n) is 14.6. The Kier molecular flexibility index (Phi) is 27.2. The second kappa shape index (κ2) is 32.4. The maximum Gasteiger partial charge on any atom is 0.200 e. The van der Waals surface area contributed by atoms with Crippen LogP contribution in [0.2, 0.25) is 0 Å². The Morgan fingerprint density at radius 2 is 0.412 bits per heavy atom. The summed E-state index contributed by atoms with van der Waals surface area (Å²) in [4.78, 5) is 1.73. The molecular weight excluding hydrogens is 1100 g/mol. The molecule has 0 unspecified atom stereocenters. The molecule has 444 valence electrons. The summed E-state index contributed by atoms with van der Waals surface area (Å²) in [7, 11) is 0. The quantitative estimate of drug-likeness (QED) is 0.0148. The third kappa shape index (κ3) is 15.6. The predicted octanol–water partition coefficient (Wildman–Crippen LogP) is 16.5. The van der Waals surface area contributed by atoms with E-state index in [1.54, 1.807) is 4.90 Å². The summed E-state index contributed by atoms with van der Waals surface area (Å²) in [5.74, 6) is -71.4. The van der Waals surface area contributed by atoms with E-state index in [1.807, 2.05) is 0 Å². The number of para-hydroxylation sites is 1. The molecule has 0 amide bonds. The van der Waals surface area contributed by atoms with Crippen LogP contribution in [-0.2, 0) is 0 Å². The Morgan fingerprint density at radius 3 is 0.613 bits per heavy atom. The van der Waals surface area contributed by atoms with Crippen molar-refractivity contribution in [1.29, 1.82) is 0 Å². The highest BCUT2D eigenvalue weighted by atomic mass is 19.2. The minimum atomic E-state index is -7.22. The third-order valence-corrected chi connectivity index (χ3v) is 14.6. The molecule has 22 heteroatoms. The fraction of sp³-hybridized carbons (Fsp3) is 0.483. The lowest BCUT2D eigenvalue weighted by molar-refractivity contribution is -0.833. The average Bonchev–Trinajstić information content (AvgIpc) is 3.30. The summed E-state index contributed by atoms with van der Waals surface area (Å²) >= 11 is 0. The monoisotopic (exact) mass is 1170 g/mol. The SMILES string of the molecule is CCCCCCCCCCCCCC[NH+](CCCCCCCCCCCCCC)c1ccccc1.Fc1c(F)c(F)c([B-](c2c(F)c(F)c(F)c(F)c2F)(c2c(F)c(F)c(F)c(F)c2F)c2c(F)c(F)c(F)c(F)c2F)c(F)c1F. The Balaban J connectivity index is 0.000000357. The van der Waals surface area contributed by atoms with Crippen molar-refractivity contribution < 1.29 is 92.7 Å². The zero-order valence-corrected chi connectivity index (χ0v) is 44.4. The molecule has 5 rings (SSSR count). The largest absolute Gasteiger partial charge is 0.302 e. The van der Waals surface area contributed by atoms with Gasteiger partial charge in [0, 0.05) is 0 Å². The van der Waals surface area contributed by atoms with Crippen LogP contribution in [0.25, 0.3) is 0 Å². The molecule has 0 radical (unpaired) electrons. The van der Waals surface area contributed by atoms with Gasteiger partial charge in [-0.1, -0.05) is 160 Å². The Bertz CT molecular complexity index is 2380. The second-order valence-electron chi connectivity index (χ2n) is 20.0. The fourth-order valence-electron chi connectivity index (χ4n) is 10.3. The van der Waals surface area contributed by atoms with E-state index in [0.717, 1.165) is 0 Å². The molecule has 5 aromatic rings. The first kappa shape index (κ1) is 67.2. The molecule has 0 aromatic heterocycles. The van der Waals surface area contributed by atoms with Crippen molar-refractivity contribution in [2.45, 2.75) is 168 Å². The number of hydrogen-bond acceptors (Lipinski definition) is 0. The maximum absolute atomic E-state index is 15.4. The lowest BCUT2D eigenvalue weighted by atomic mass is 9.12. The van der Waals surface area contributed by atoms with Gasteiger partial charge < -0.3 is 4.90 Å². The molecule has 0 atom stereocenters. The fourth-order valence-corrected chi connectivity index (χ4v) is 10.3. The highest BCUT2D eigenvalue weighted by Crippen LogP contribution is 2.31. The van der Waals surface area contributed by atoms with Gasteiger partial charge in [0.1, 0.15) is 58.4 Å². The Morgan fingerprint density at radius 1 is 0.237 bits per heavy atom. The first-order valence-corrected chi connectivity index (χ1v) is 27.2. The number of halogens is 20. The van der Waals surface area contributed by atoms with Crippen LogP contribution in [0.4, 0.5) is 93.5 Å². The molecule has 0 aliphatic rings. The van der Waals surface area contributed by atoms with Crippen LogP contribution in [0.5, 0.6) is 0 Å². The Labute approximate surface area is 453 Å². The summed E-state index contributed by atoms with van der Waals surface area (Å²) in [6.07, 6.45) is 27.3. The van der Waals surface area contributed by atoms with Crippen molar-refractivity contribution >= 4 is 33.7 Å². The van der Waals surface area contributed by atoms with E-state index in [4.69, 9.17) is 0 Å². The molecule has 0 saturated heterocycles. The van der Waals surface area contributed by atoms with Gasteiger partial charge >= 0.3 is 0 Å². The zero-order valence-electron chi connectivity index (χ0n) is 44.4. The number of rotatable bonds is 31. The van der Waals surface area contributed by atoms with E-state index in [1.165, 1.54) is 173 Å². The lowest BCUT2D eigenvalue weighted by Gasteiger charge is -2.44. The van der Waals surface area contributed by atoms with Crippen LogP contribution in [0.15, 0.2) is 30.3 Å². The highest BCUT2D eigenvalue weighted by Gasteiger charge is 2.52. The van der Waals surface area contributed by atoms with Crippen molar-refractivity contribution in [1.82, 2.24) is 0 Å². The number of unbranched alkanes of at least 4 members (excludes halogenated alkanes) is 22.